The van der Waals surface area contributed by atoms with Gasteiger partial charge in [0.2, 0.25) is 5.89 Å². The van der Waals surface area contributed by atoms with Crippen molar-refractivity contribution in [3.05, 3.63) is 30.2 Å². The fourth-order valence-corrected chi connectivity index (χ4v) is 1.46. The molecule has 0 amide bonds. The number of nitrogens with zero attached hydrogens (tertiary/aromatic N) is 3. The third-order valence-corrected chi connectivity index (χ3v) is 2.32. The molecule has 2 aromatic heterocycles. The molecule has 90 valence electrons. The average molecular weight is 236 g/mol. The largest absolute Gasteiger partial charge is 0.419 e. The van der Waals surface area contributed by atoms with E-state index >= 15 is 0 Å². The summed E-state index contributed by atoms with van der Waals surface area (Å²) in [5, 5.41) is 10.9. The van der Waals surface area contributed by atoms with E-state index in [0.717, 1.165) is 12.7 Å². The van der Waals surface area contributed by atoms with Crippen molar-refractivity contribution in [3.8, 4) is 11.5 Å². The molecule has 0 aromatic carbocycles. The molecule has 0 aliphatic carbocycles. The molecule has 2 rings (SSSR count). The summed E-state index contributed by atoms with van der Waals surface area (Å²) in [6.07, 6.45) is 2.60. The molecule has 17 heavy (non-hydrogen) atoms. The lowest BCUT2D eigenvalue weighted by molar-refractivity contribution is 0.427. The van der Waals surface area contributed by atoms with Crippen LogP contribution in [0.5, 0.6) is 0 Å². The van der Waals surface area contributed by atoms with E-state index in [1.54, 1.807) is 0 Å². The quantitative estimate of drug-likeness (QED) is 0.878. The number of aromatic nitrogens is 3. The van der Waals surface area contributed by atoms with Gasteiger partial charge in [-0.05, 0) is 19.5 Å². The van der Waals surface area contributed by atoms with Crippen LogP contribution < -0.4 is 5.32 Å². The van der Waals surface area contributed by atoms with E-state index in [4.69, 9.17) is 4.42 Å². The van der Waals surface area contributed by atoms with E-state index in [1.165, 1.54) is 12.3 Å². The summed E-state index contributed by atoms with van der Waals surface area (Å²) in [5.74, 6) is 0.140. The summed E-state index contributed by atoms with van der Waals surface area (Å²) in [4.78, 5) is 3.66. The zero-order chi connectivity index (χ0) is 12.3. The maximum Gasteiger partial charge on any atom is 0.250 e. The fraction of sp³-hybridized carbons (Fsp3) is 0.364. The van der Waals surface area contributed by atoms with Gasteiger partial charge in [-0.3, -0.25) is 4.98 Å². The van der Waals surface area contributed by atoms with E-state index in [-0.39, 0.29) is 17.5 Å². The van der Waals surface area contributed by atoms with Crippen LogP contribution in [-0.2, 0) is 0 Å². The van der Waals surface area contributed by atoms with Crippen LogP contribution in [0.15, 0.2) is 22.9 Å². The Kier molecular flexibility index (Phi) is 3.43. The van der Waals surface area contributed by atoms with Crippen LogP contribution in [0.1, 0.15) is 25.8 Å². The summed E-state index contributed by atoms with van der Waals surface area (Å²) in [6, 6.07) is 1.45. The van der Waals surface area contributed by atoms with E-state index < -0.39 is 5.82 Å². The predicted octanol–water partition coefficient (Wildman–Crippen LogP) is 1.94. The Hall–Kier alpha value is -1.82. The van der Waals surface area contributed by atoms with Gasteiger partial charge in [0.25, 0.3) is 5.89 Å². The van der Waals surface area contributed by atoms with E-state index in [9.17, 15) is 4.39 Å². The second-order valence-electron chi connectivity index (χ2n) is 3.58. The van der Waals surface area contributed by atoms with Crippen LogP contribution >= 0.6 is 0 Å². The van der Waals surface area contributed by atoms with Gasteiger partial charge < -0.3 is 9.73 Å². The lowest BCUT2D eigenvalue weighted by Gasteiger charge is -2.05. The summed E-state index contributed by atoms with van der Waals surface area (Å²) < 4.78 is 18.8. The van der Waals surface area contributed by atoms with Crippen LogP contribution in [0.4, 0.5) is 4.39 Å². The lowest BCUT2D eigenvalue weighted by Crippen LogP contribution is -2.17. The van der Waals surface area contributed by atoms with Gasteiger partial charge in [0.15, 0.2) is 5.82 Å². The summed E-state index contributed by atoms with van der Waals surface area (Å²) in [7, 11) is 0. The highest BCUT2D eigenvalue weighted by atomic mass is 19.1. The number of pyridine rings is 1. The molecule has 1 atom stereocenters. The standard InChI is InChI=1S/C11H13FN4O/c1-3-14-7(2)10-15-16-11(17-10)8-4-5-13-6-9(8)12/h4-7,14H,3H2,1-2H3. The molecule has 0 aliphatic heterocycles. The summed E-state index contributed by atoms with van der Waals surface area (Å²) in [5.41, 5.74) is 0.266. The maximum absolute atomic E-state index is 13.4. The zero-order valence-corrected chi connectivity index (χ0v) is 9.64. The molecule has 2 heterocycles. The average Bonchev–Trinajstić information content (AvgIpc) is 2.79. The Bertz CT molecular complexity index is 500. The third kappa shape index (κ3) is 2.47. The first kappa shape index (κ1) is 11.7. The van der Waals surface area contributed by atoms with Gasteiger partial charge in [-0.2, -0.15) is 0 Å². The van der Waals surface area contributed by atoms with Gasteiger partial charge in [-0.1, -0.05) is 6.92 Å². The fourth-order valence-electron chi connectivity index (χ4n) is 1.46. The van der Waals surface area contributed by atoms with Crippen LogP contribution in [0.3, 0.4) is 0 Å². The van der Waals surface area contributed by atoms with E-state index in [1.807, 2.05) is 13.8 Å². The highest BCUT2D eigenvalue weighted by Gasteiger charge is 2.16. The Morgan fingerprint density at radius 2 is 2.29 bits per heavy atom. The number of halogens is 1. The van der Waals surface area contributed by atoms with Crippen LogP contribution in [0.25, 0.3) is 11.5 Å². The van der Waals surface area contributed by atoms with Crippen molar-refractivity contribution in [1.29, 1.82) is 0 Å². The van der Waals surface area contributed by atoms with Crippen molar-refractivity contribution in [1.82, 2.24) is 20.5 Å². The van der Waals surface area contributed by atoms with Crippen molar-refractivity contribution in [2.45, 2.75) is 19.9 Å². The smallest absolute Gasteiger partial charge is 0.250 e. The Morgan fingerprint density at radius 3 is 3.00 bits per heavy atom. The van der Waals surface area contributed by atoms with Gasteiger partial charge in [0, 0.05) is 6.20 Å². The molecular weight excluding hydrogens is 223 g/mol. The molecule has 0 bridgehead atoms. The highest BCUT2D eigenvalue weighted by Crippen LogP contribution is 2.22. The minimum absolute atomic E-state index is 0.0499. The molecule has 0 aliphatic rings. The monoisotopic (exact) mass is 236 g/mol. The van der Waals surface area contributed by atoms with Gasteiger partial charge in [0.05, 0.1) is 17.8 Å². The molecule has 0 saturated heterocycles. The summed E-state index contributed by atoms with van der Waals surface area (Å²) >= 11 is 0. The van der Waals surface area contributed by atoms with Gasteiger partial charge in [0.1, 0.15) is 0 Å². The van der Waals surface area contributed by atoms with Gasteiger partial charge in [-0.15, -0.1) is 10.2 Å². The van der Waals surface area contributed by atoms with Crippen molar-refractivity contribution < 1.29 is 8.81 Å². The first-order chi connectivity index (χ1) is 8.22. The predicted molar refractivity (Wildman–Crippen MR) is 59.6 cm³/mol. The number of hydrogen-bond donors (Lipinski definition) is 1. The van der Waals surface area contributed by atoms with Crippen molar-refractivity contribution in [3.63, 3.8) is 0 Å². The van der Waals surface area contributed by atoms with Crippen molar-refractivity contribution in [2.75, 3.05) is 6.54 Å². The minimum atomic E-state index is -0.473. The Labute approximate surface area is 98.1 Å². The van der Waals surface area contributed by atoms with Crippen molar-refractivity contribution in [2.24, 2.45) is 0 Å². The number of rotatable bonds is 4. The molecular formula is C11H13FN4O. The maximum atomic E-state index is 13.4. The lowest BCUT2D eigenvalue weighted by atomic mass is 10.2. The third-order valence-electron chi connectivity index (χ3n) is 2.32. The van der Waals surface area contributed by atoms with Crippen molar-refractivity contribution >= 4 is 0 Å². The first-order valence-corrected chi connectivity index (χ1v) is 5.39. The number of nitrogens with one attached hydrogen (secondary N) is 1. The highest BCUT2D eigenvalue weighted by molar-refractivity contribution is 5.52. The molecule has 0 radical (unpaired) electrons. The Balaban J connectivity index is 2.27. The van der Waals surface area contributed by atoms with E-state index in [2.05, 4.69) is 20.5 Å². The second kappa shape index (κ2) is 5.01. The minimum Gasteiger partial charge on any atom is -0.419 e. The Morgan fingerprint density at radius 1 is 1.47 bits per heavy atom. The van der Waals surface area contributed by atoms with E-state index in [0.29, 0.717) is 5.89 Å². The molecule has 2 aromatic rings. The van der Waals surface area contributed by atoms with Crippen LogP contribution in [0, 0.1) is 5.82 Å². The molecule has 0 spiro atoms. The van der Waals surface area contributed by atoms with Crippen LogP contribution in [0.2, 0.25) is 0 Å². The number of hydrogen-bond acceptors (Lipinski definition) is 5. The molecule has 1 unspecified atom stereocenters. The molecule has 0 saturated carbocycles. The summed E-state index contributed by atoms with van der Waals surface area (Å²) in [6.45, 7) is 4.68. The van der Waals surface area contributed by atoms with Gasteiger partial charge in [-0.25, -0.2) is 4.39 Å². The van der Waals surface area contributed by atoms with Crippen LogP contribution in [-0.4, -0.2) is 21.7 Å². The SMILES string of the molecule is CCNC(C)c1nnc(-c2ccncc2F)o1. The molecule has 1 N–H and O–H groups in total. The zero-order valence-electron chi connectivity index (χ0n) is 9.64. The molecule has 0 fully saturated rings. The van der Waals surface area contributed by atoms with Gasteiger partial charge >= 0.3 is 0 Å². The second-order valence-corrected chi connectivity index (χ2v) is 3.58. The topological polar surface area (TPSA) is 63.8 Å². The molecule has 6 heteroatoms. The molecule has 5 nitrogen and oxygen atoms in total. The normalized spacial score (nSPS) is 12.6. The first-order valence-electron chi connectivity index (χ1n) is 5.39.